The van der Waals surface area contributed by atoms with Crippen molar-refractivity contribution in [2.24, 2.45) is 11.0 Å². The van der Waals surface area contributed by atoms with Crippen molar-refractivity contribution < 1.29 is 8.42 Å². The van der Waals surface area contributed by atoms with Gasteiger partial charge in [-0.15, -0.1) is 0 Å². The average molecular weight is 526 g/mol. The number of sulfonamides is 1. The molecule has 6 nitrogen and oxygen atoms in total. The van der Waals surface area contributed by atoms with E-state index in [1.54, 1.807) is 31.2 Å². The van der Waals surface area contributed by atoms with Crippen LogP contribution in [0, 0.1) is 12.8 Å². The minimum Gasteiger partial charge on any atom is -0.399 e. The normalized spacial score (nSPS) is 20.7. The molecule has 2 atom stereocenters. The first-order valence-corrected chi connectivity index (χ1v) is 13.0. The molecule has 1 unspecified atom stereocenters. The highest BCUT2D eigenvalue weighted by atomic mass is 35.5. The fourth-order valence-corrected chi connectivity index (χ4v) is 5.95. The molecule has 0 aromatic heterocycles. The van der Waals surface area contributed by atoms with Crippen molar-refractivity contribution in [3.63, 3.8) is 0 Å². The molecule has 2 aromatic rings. The monoisotopic (exact) mass is 524 g/mol. The molecule has 174 valence electrons. The molecule has 0 saturated heterocycles. The fourth-order valence-electron chi connectivity index (χ4n) is 3.99. The molecule has 0 spiro atoms. The quantitative estimate of drug-likeness (QED) is 0.488. The number of allylic oxidation sites excluding steroid dienone is 3. The van der Waals surface area contributed by atoms with Gasteiger partial charge in [0.2, 0.25) is 10.0 Å². The van der Waals surface area contributed by atoms with Crippen LogP contribution >= 0.6 is 34.8 Å². The van der Waals surface area contributed by atoms with E-state index in [9.17, 15) is 8.42 Å². The molecule has 2 aliphatic rings. The predicted molar refractivity (Wildman–Crippen MR) is 137 cm³/mol. The highest BCUT2D eigenvalue weighted by Crippen LogP contribution is 2.38. The Morgan fingerprint density at radius 3 is 2.67 bits per heavy atom. The molecule has 4 rings (SSSR count). The van der Waals surface area contributed by atoms with E-state index in [2.05, 4.69) is 10.8 Å². The summed E-state index contributed by atoms with van der Waals surface area (Å²) in [5.74, 6) is 0.133. The van der Waals surface area contributed by atoms with Gasteiger partial charge in [0.1, 0.15) is 0 Å². The number of nitrogens with one attached hydrogen (secondary N) is 1. The molecule has 33 heavy (non-hydrogen) atoms. The summed E-state index contributed by atoms with van der Waals surface area (Å²) in [6, 6.07) is 10.0. The Hall–Kier alpha value is -2.03. The molecular weight excluding hydrogens is 503 g/mol. The van der Waals surface area contributed by atoms with Crippen molar-refractivity contribution in [3.8, 4) is 0 Å². The van der Waals surface area contributed by atoms with Crippen LogP contribution < -0.4 is 15.5 Å². The molecule has 1 aliphatic carbocycles. The smallest absolute Gasteiger partial charge is 0.241 e. The lowest BCUT2D eigenvalue weighted by Gasteiger charge is -2.30. The maximum absolute atomic E-state index is 12.9. The molecule has 1 aliphatic heterocycles. The zero-order valence-electron chi connectivity index (χ0n) is 17.8. The third kappa shape index (κ3) is 5.39. The van der Waals surface area contributed by atoms with Crippen LogP contribution in [0.25, 0.3) is 0 Å². The molecule has 0 fully saturated rings. The Bertz CT molecular complexity index is 1270. The Balaban J connectivity index is 1.59. The second kappa shape index (κ2) is 9.68. The molecule has 0 bridgehead atoms. The Morgan fingerprint density at radius 1 is 1.18 bits per heavy atom. The van der Waals surface area contributed by atoms with E-state index < -0.39 is 10.0 Å². The van der Waals surface area contributed by atoms with Crippen molar-refractivity contribution in [3.05, 3.63) is 75.3 Å². The third-order valence-electron chi connectivity index (χ3n) is 5.71. The topological polar surface area (TPSA) is 87.8 Å². The van der Waals surface area contributed by atoms with Crippen LogP contribution in [0.4, 0.5) is 11.4 Å². The minimum atomic E-state index is -3.76. The Morgan fingerprint density at radius 2 is 1.97 bits per heavy atom. The summed E-state index contributed by atoms with van der Waals surface area (Å²) in [5.41, 5.74) is 8.21. The number of benzene rings is 2. The summed E-state index contributed by atoms with van der Waals surface area (Å²) in [7, 11) is -3.76. The zero-order valence-corrected chi connectivity index (χ0v) is 20.9. The molecule has 3 N–H and O–H groups in total. The van der Waals surface area contributed by atoms with Gasteiger partial charge in [0.25, 0.3) is 0 Å². The molecule has 2 aromatic carbocycles. The van der Waals surface area contributed by atoms with E-state index in [-0.39, 0.29) is 23.4 Å². The molecular formula is C23H23Cl3N4O2S. The highest BCUT2D eigenvalue weighted by Gasteiger charge is 2.35. The van der Waals surface area contributed by atoms with Crippen molar-refractivity contribution in [2.45, 2.75) is 30.7 Å². The van der Waals surface area contributed by atoms with Crippen LogP contribution in [-0.4, -0.2) is 26.7 Å². The number of nitrogens with zero attached hydrogens (tertiary/aromatic N) is 2. The Labute approximate surface area is 208 Å². The first-order valence-electron chi connectivity index (χ1n) is 10.3. The number of hydrogen-bond donors (Lipinski definition) is 2. The Kier molecular flexibility index (Phi) is 7.07. The molecule has 0 saturated carbocycles. The van der Waals surface area contributed by atoms with Crippen molar-refractivity contribution in [1.82, 2.24) is 4.72 Å². The lowest BCUT2D eigenvalue weighted by Crippen LogP contribution is -2.34. The van der Waals surface area contributed by atoms with Crippen LogP contribution in [0.2, 0.25) is 10.0 Å². The van der Waals surface area contributed by atoms with E-state index in [4.69, 9.17) is 45.6 Å². The highest BCUT2D eigenvalue weighted by molar-refractivity contribution is 7.89. The van der Waals surface area contributed by atoms with E-state index >= 15 is 0 Å². The first-order chi connectivity index (χ1) is 15.6. The maximum atomic E-state index is 12.9. The number of halogens is 3. The average Bonchev–Trinajstić information content (AvgIpc) is 3.18. The standard InChI is InChI=1S/C23H23Cl3N4O2S/c1-14-2-8-18(27)11-23(14)33(31,32)28-13-19-12-22(15-3-5-16(24)6-4-15)30(29-19)21-9-7-17(25)10-20(21)26/h2-3,5-11,15,22,28H,4,12-13,27H2,1H3/t15?,22-/m0/s1. The zero-order chi connectivity index (χ0) is 23.8. The van der Waals surface area contributed by atoms with Gasteiger partial charge in [0.05, 0.1) is 33.9 Å². The van der Waals surface area contributed by atoms with Gasteiger partial charge >= 0.3 is 0 Å². The number of rotatable bonds is 6. The number of nitrogen functional groups attached to an aromatic ring is 1. The third-order valence-corrected chi connectivity index (χ3v) is 8.08. The van der Waals surface area contributed by atoms with E-state index in [0.29, 0.717) is 44.1 Å². The van der Waals surface area contributed by atoms with Gasteiger partial charge in [0.15, 0.2) is 0 Å². The van der Waals surface area contributed by atoms with Crippen molar-refractivity contribution >= 4 is 61.9 Å². The first kappa shape index (κ1) is 24.1. The van der Waals surface area contributed by atoms with E-state index in [1.165, 1.54) is 6.07 Å². The second-order valence-electron chi connectivity index (χ2n) is 8.08. The van der Waals surface area contributed by atoms with Gasteiger partial charge in [-0.05, 0) is 55.3 Å². The van der Waals surface area contributed by atoms with Gasteiger partial charge in [-0.3, -0.25) is 5.01 Å². The summed E-state index contributed by atoms with van der Waals surface area (Å²) in [5, 5.41) is 8.31. The molecule has 1 heterocycles. The second-order valence-corrected chi connectivity index (χ2v) is 11.1. The summed E-state index contributed by atoms with van der Waals surface area (Å²) in [6.07, 6.45) is 7.22. The summed E-state index contributed by atoms with van der Waals surface area (Å²) in [4.78, 5) is 0.158. The maximum Gasteiger partial charge on any atom is 0.241 e. The molecule has 0 radical (unpaired) electrons. The van der Waals surface area contributed by atoms with Gasteiger partial charge in [0, 0.05) is 28.1 Å². The lowest BCUT2D eigenvalue weighted by atomic mass is 9.89. The number of hydrazone groups is 1. The predicted octanol–water partition coefficient (Wildman–Crippen LogP) is 5.50. The molecule has 10 heteroatoms. The number of aryl methyl sites for hydroxylation is 1. The summed E-state index contributed by atoms with van der Waals surface area (Å²) >= 11 is 18.7. The van der Waals surface area contributed by atoms with Crippen LogP contribution in [0.1, 0.15) is 18.4 Å². The largest absolute Gasteiger partial charge is 0.399 e. The molecule has 0 amide bonds. The number of nitrogens with two attached hydrogens (primary N) is 1. The number of hydrogen-bond acceptors (Lipinski definition) is 5. The van der Waals surface area contributed by atoms with Crippen LogP contribution in [-0.2, 0) is 10.0 Å². The summed E-state index contributed by atoms with van der Waals surface area (Å²) < 4.78 is 28.5. The SMILES string of the molecule is Cc1ccc(N)cc1S(=O)(=O)NCC1=NN(c2ccc(Cl)cc2Cl)[C@H](C2C=CC(Cl)=CC2)C1. The lowest BCUT2D eigenvalue weighted by molar-refractivity contribution is 0.499. The van der Waals surface area contributed by atoms with Gasteiger partial charge in [-0.1, -0.05) is 53.0 Å². The van der Waals surface area contributed by atoms with Crippen LogP contribution in [0.15, 0.2) is 69.7 Å². The van der Waals surface area contributed by atoms with Gasteiger partial charge in [-0.25, -0.2) is 13.1 Å². The number of anilines is 2. The van der Waals surface area contributed by atoms with Crippen molar-refractivity contribution in [2.75, 3.05) is 17.3 Å². The van der Waals surface area contributed by atoms with Crippen LogP contribution in [0.3, 0.4) is 0 Å². The van der Waals surface area contributed by atoms with Crippen LogP contribution in [0.5, 0.6) is 0 Å². The van der Waals surface area contributed by atoms with Crippen molar-refractivity contribution in [1.29, 1.82) is 0 Å². The van der Waals surface area contributed by atoms with E-state index in [1.807, 2.05) is 23.2 Å². The van der Waals surface area contributed by atoms with Gasteiger partial charge in [-0.2, -0.15) is 5.10 Å². The van der Waals surface area contributed by atoms with Gasteiger partial charge < -0.3 is 5.73 Å². The fraction of sp³-hybridized carbons (Fsp3) is 0.261. The summed E-state index contributed by atoms with van der Waals surface area (Å²) in [6.45, 7) is 1.80. The minimum absolute atomic E-state index is 0.0467. The van der Waals surface area contributed by atoms with E-state index in [0.717, 1.165) is 6.42 Å².